The highest BCUT2D eigenvalue weighted by atomic mass is 16.6. The molecule has 1 aromatic rings. The van der Waals surface area contributed by atoms with Crippen LogP contribution in [0.3, 0.4) is 0 Å². The van der Waals surface area contributed by atoms with E-state index in [0.717, 1.165) is 26.2 Å². The summed E-state index contributed by atoms with van der Waals surface area (Å²) in [7, 11) is 0. The van der Waals surface area contributed by atoms with Crippen LogP contribution in [0.25, 0.3) is 0 Å². The van der Waals surface area contributed by atoms with Gasteiger partial charge in [0.25, 0.3) is 0 Å². The molecule has 1 aromatic carbocycles. The number of piperazine rings is 1. The van der Waals surface area contributed by atoms with Gasteiger partial charge in [-0.25, -0.2) is 4.79 Å². The molecule has 0 aromatic heterocycles. The number of benzene rings is 1. The molecule has 1 fully saturated rings. The van der Waals surface area contributed by atoms with E-state index in [1.165, 1.54) is 5.69 Å². The standard InChI is InChI=1S/C15H22N2O3/c1-3-19-15(18)12(2)20-14-6-4-13(5-7-14)17-10-8-16-9-11-17/h4-7,12,16H,3,8-11H2,1-2H3. The zero-order chi connectivity index (χ0) is 14.4. The second-order valence-corrected chi connectivity index (χ2v) is 4.74. The van der Waals surface area contributed by atoms with Crippen molar-refractivity contribution < 1.29 is 14.3 Å². The largest absolute Gasteiger partial charge is 0.479 e. The van der Waals surface area contributed by atoms with Gasteiger partial charge in [0.2, 0.25) is 0 Å². The Labute approximate surface area is 119 Å². The first-order valence-electron chi connectivity index (χ1n) is 7.09. The first kappa shape index (κ1) is 14.7. The van der Waals surface area contributed by atoms with Gasteiger partial charge in [0.15, 0.2) is 6.10 Å². The van der Waals surface area contributed by atoms with Crippen molar-refractivity contribution in [3.63, 3.8) is 0 Å². The van der Waals surface area contributed by atoms with Gasteiger partial charge in [-0.05, 0) is 38.1 Å². The van der Waals surface area contributed by atoms with Crippen molar-refractivity contribution in [1.29, 1.82) is 0 Å². The Morgan fingerprint density at radius 2 is 1.95 bits per heavy atom. The van der Waals surface area contributed by atoms with E-state index < -0.39 is 6.10 Å². The van der Waals surface area contributed by atoms with Gasteiger partial charge in [0.05, 0.1) is 6.61 Å². The topological polar surface area (TPSA) is 50.8 Å². The highest BCUT2D eigenvalue weighted by Crippen LogP contribution is 2.20. The Morgan fingerprint density at radius 1 is 1.30 bits per heavy atom. The smallest absolute Gasteiger partial charge is 0.347 e. The van der Waals surface area contributed by atoms with Crippen LogP contribution in [0, 0.1) is 0 Å². The molecule has 1 N–H and O–H groups in total. The summed E-state index contributed by atoms with van der Waals surface area (Å²) in [5.41, 5.74) is 1.18. The number of carbonyl (C=O) groups is 1. The van der Waals surface area contributed by atoms with Crippen molar-refractivity contribution in [2.24, 2.45) is 0 Å². The average Bonchev–Trinajstić information content (AvgIpc) is 2.49. The molecular formula is C15H22N2O3. The molecule has 1 atom stereocenters. The fraction of sp³-hybridized carbons (Fsp3) is 0.533. The quantitative estimate of drug-likeness (QED) is 0.826. The lowest BCUT2D eigenvalue weighted by Crippen LogP contribution is -2.43. The van der Waals surface area contributed by atoms with Gasteiger partial charge in [-0.15, -0.1) is 0 Å². The molecule has 1 aliphatic heterocycles. The van der Waals surface area contributed by atoms with Crippen LogP contribution >= 0.6 is 0 Å². The van der Waals surface area contributed by atoms with Crippen molar-refractivity contribution in [1.82, 2.24) is 5.32 Å². The molecule has 1 saturated heterocycles. The minimum Gasteiger partial charge on any atom is -0.479 e. The summed E-state index contributed by atoms with van der Waals surface area (Å²) in [5, 5.41) is 3.33. The lowest BCUT2D eigenvalue weighted by atomic mass is 10.2. The van der Waals surface area contributed by atoms with Crippen molar-refractivity contribution in [2.75, 3.05) is 37.7 Å². The second kappa shape index (κ2) is 7.14. The summed E-state index contributed by atoms with van der Waals surface area (Å²) < 4.78 is 10.5. The SMILES string of the molecule is CCOC(=O)C(C)Oc1ccc(N2CCNCC2)cc1. The van der Waals surface area contributed by atoms with Crippen LogP contribution in [0.5, 0.6) is 5.75 Å². The van der Waals surface area contributed by atoms with E-state index in [9.17, 15) is 4.79 Å². The van der Waals surface area contributed by atoms with E-state index in [0.29, 0.717) is 12.4 Å². The van der Waals surface area contributed by atoms with E-state index in [-0.39, 0.29) is 5.97 Å². The summed E-state index contributed by atoms with van der Waals surface area (Å²) in [6.07, 6.45) is -0.583. The number of nitrogens with one attached hydrogen (secondary N) is 1. The minimum absolute atomic E-state index is 0.335. The lowest BCUT2D eigenvalue weighted by Gasteiger charge is -2.29. The molecule has 2 rings (SSSR count). The van der Waals surface area contributed by atoms with Gasteiger partial charge >= 0.3 is 5.97 Å². The Hall–Kier alpha value is -1.75. The fourth-order valence-corrected chi connectivity index (χ4v) is 2.17. The molecule has 1 aliphatic rings. The Morgan fingerprint density at radius 3 is 2.55 bits per heavy atom. The van der Waals surface area contributed by atoms with Crippen LogP contribution in [0.1, 0.15) is 13.8 Å². The predicted molar refractivity (Wildman–Crippen MR) is 78.2 cm³/mol. The molecule has 0 amide bonds. The summed E-state index contributed by atoms with van der Waals surface area (Å²) in [6, 6.07) is 7.84. The number of ether oxygens (including phenoxy) is 2. The van der Waals surface area contributed by atoms with Gasteiger partial charge < -0.3 is 19.7 Å². The van der Waals surface area contributed by atoms with E-state index >= 15 is 0 Å². The third-order valence-corrected chi connectivity index (χ3v) is 3.25. The molecule has 110 valence electrons. The van der Waals surface area contributed by atoms with Crippen LogP contribution in [-0.2, 0) is 9.53 Å². The molecular weight excluding hydrogens is 256 g/mol. The molecule has 5 heteroatoms. The zero-order valence-electron chi connectivity index (χ0n) is 12.1. The molecule has 1 unspecified atom stereocenters. The summed E-state index contributed by atoms with van der Waals surface area (Å²) >= 11 is 0. The Kier molecular flexibility index (Phi) is 5.24. The fourth-order valence-electron chi connectivity index (χ4n) is 2.17. The number of esters is 1. The van der Waals surface area contributed by atoms with Gasteiger partial charge in [-0.3, -0.25) is 0 Å². The molecule has 0 radical (unpaired) electrons. The molecule has 0 bridgehead atoms. The molecule has 0 saturated carbocycles. The van der Waals surface area contributed by atoms with Gasteiger partial charge in [0, 0.05) is 31.9 Å². The first-order chi connectivity index (χ1) is 9.70. The first-order valence-corrected chi connectivity index (χ1v) is 7.09. The number of nitrogens with zero attached hydrogens (tertiary/aromatic N) is 1. The Bertz CT molecular complexity index is 427. The molecule has 1 heterocycles. The zero-order valence-corrected chi connectivity index (χ0v) is 12.1. The third kappa shape index (κ3) is 3.87. The number of anilines is 1. The second-order valence-electron chi connectivity index (χ2n) is 4.74. The number of carbonyl (C=O) groups excluding carboxylic acids is 1. The highest BCUT2D eigenvalue weighted by Gasteiger charge is 2.16. The van der Waals surface area contributed by atoms with Crippen LogP contribution < -0.4 is 15.0 Å². The predicted octanol–water partition coefficient (Wildman–Crippen LogP) is 1.43. The number of rotatable bonds is 5. The van der Waals surface area contributed by atoms with Crippen molar-refractivity contribution in [3.8, 4) is 5.75 Å². The summed E-state index contributed by atoms with van der Waals surface area (Å²) in [5.74, 6) is 0.350. The van der Waals surface area contributed by atoms with E-state index in [1.807, 2.05) is 24.3 Å². The van der Waals surface area contributed by atoms with Crippen LogP contribution in [-0.4, -0.2) is 44.9 Å². The maximum absolute atomic E-state index is 11.5. The van der Waals surface area contributed by atoms with Crippen LogP contribution in [0.15, 0.2) is 24.3 Å². The molecule has 0 aliphatic carbocycles. The van der Waals surface area contributed by atoms with E-state index in [2.05, 4.69) is 10.2 Å². The van der Waals surface area contributed by atoms with Crippen molar-refractivity contribution >= 4 is 11.7 Å². The van der Waals surface area contributed by atoms with Crippen molar-refractivity contribution in [2.45, 2.75) is 20.0 Å². The van der Waals surface area contributed by atoms with Crippen LogP contribution in [0.2, 0.25) is 0 Å². The monoisotopic (exact) mass is 278 g/mol. The van der Waals surface area contributed by atoms with E-state index in [4.69, 9.17) is 9.47 Å². The summed E-state index contributed by atoms with van der Waals surface area (Å²) in [6.45, 7) is 7.90. The van der Waals surface area contributed by atoms with Crippen molar-refractivity contribution in [3.05, 3.63) is 24.3 Å². The molecule has 5 nitrogen and oxygen atoms in total. The lowest BCUT2D eigenvalue weighted by molar-refractivity contribution is -0.150. The van der Waals surface area contributed by atoms with Gasteiger partial charge in [0.1, 0.15) is 5.75 Å². The maximum Gasteiger partial charge on any atom is 0.347 e. The molecule has 20 heavy (non-hydrogen) atoms. The average molecular weight is 278 g/mol. The highest BCUT2D eigenvalue weighted by molar-refractivity contribution is 5.74. The summed E-state index contributed by atoms with van der Waals surface area (Å²) in [4.78, 5) is 13.8. The number of hydrogen-bond acceptors (Lipinski definition) is 5. The Balaban J connectivity index is 1.92. The maximum atomic E-state index is 11.5. The molecule has 0 spiro atoms. The van der Waals surface area contributed by atoms with Gasteiger partial charge in [-0.2, -0.15) is 0 Å². The van der Waals surface area contributed by atoms with Gasteiger partial charge in [-0.1, -0.05) is 0 Å². The number of hydrogen-bond donors (Lipinski definition) is 1. The third-order valence-electron chi connectivity index (χ3n) is 3.25. The minimum atomic E-state index is -0.583. The van der Waals surface area contributed by atoms with Crippen LogP contribution in [0.4, 0.5) is 5.69 Å². The van der Waals surface area contributed by atoms with E-state index in [1.54, 1.807) is 13.8 Å². The normalized spacial score (nSPS) is 16.6.